The molecule has 0 saturated heterocycles. The number of aromatic nitrogens is 3. The minimum atomic E-state index is 0.864. The van der Waals surface area contributed by atoms with E-state index in [0.29, 0.717) is 0 Å². The normalized spacial score (nSPS) is 10.8. The van der Waals surface area contributed by atoms with Crippen LogP contribution in [0.5, 0.6) is 5.75 Å². The number of hydrogen-bond acceptors (Lipinski definition) is 2. The van der Waals surface area contributed by atoms with E-state index in [1.165, 1.54) is 0 Å². The van der Waals surface area contributed by atoms with Gasteiger partial charge >= 0.3 is 5.78 Å². The van der Waals surface area contributed by atoms with Crippen LogP contribution < -0.4 is 9.14 Å². The van der Waals surface area contributed by atoms with Crippen LogP contribution in [0.1, 0.15) is 0 Å². The summed E-state index contributed by atoms with van der Waals surface area (Å²) >= 11 is 0. The van der Waals surface area contributed by atoms with Crippen LogP contribution in [0.3, 0.4) is 0 Å². The van der Waals surface area contributed by atoms with Gasteiger partial charge in [-0.2, -0.15) is 0 Å². The molecule has 4 heteroatoms. The van der Waals surface area contributed by atoms with Crippen molar-refractivity contribution >= 4 is 5.78 Å². The third kappa shape index (κ3) is 1.62. The number of imidazole rings is 1. The summed E-state index contributed by atoms with van der Waals surface area (Å²) in [6.45, 7) is 0. The van der Waals surface area contributed by atoms with Crippen LogP contribution in [0.2, 0.25) is 0 Å². The lowest BCUT2D eigenvalue weighted by Gasteiger charge is -2.01. The number of hydrogen-bond donors (Lipinski definition) is 0. The third-order valence-electron chi connectivity index (χ3n) is 3.06. The highest BCUT2D eigenvalue weighted by molar-refractivity contribution is 5.61. The molecule has 0 saturated carbocycles. The Labute approximate surface area is 105 Å². The summed E-state index contributed by atoms with van der Waals surface area (Å²) in [4.78, 5) is 4.36. The predicted octanol–water partition coefficient (Wildman–Crippen LogP) is 1.83. The fraction of sp³-hybridized carbons (Fsp3) is 0.143. The Morgan fingerprint density at radius 2 is 2.00 bits per heavy atom. The van der Waals surface area contributed by atoms with Gasteiger partial charge in [0.15, 0.2) is 0 Å². The smallest absolute Gasteiger partial charge is 0.403 e. The summed E-state index contributed by atoms with van der Waals surface area (Å²) in [6.07, 6.45) is 5.87. The molecule has 0 unspecified atom stereocenters. The molecule has 2 aromatic heterocycles. The van der Waals surface area contributed by atoms with Crippen molar-refractivity contribution in [2.45, 2.75) is 0 Å². The predicted molar refractivity (Wildman–Crippen MR) is 68.4 cm³/mol. The van der Waals surface area contributed by atoms with Crippen molar-refractivity contribution in [3.8, 4) is 17.0 Å². The Morgan fingerprint density at radius 1 is 1.22 bits per heavy atom. The van der Waals surface area contributed by atoms with Crippen LogP contribution in [0.4, 0.5) is 0 Å². The van der Waals surface area contributed by atoms with Crippen LogP contribution in [0.15, 0.2) is 48.9 Å². The first-order chi connectivity index (χ1) is 8.79. The summed E-state index contributed by atoms with van der Waals surface area (Å²) in [6, 6.07) is 9.95. The van der Waals surface area contributed by atoms with Crippen LogP contribution in [0.25, 0.3) is 17.0 Å². The first-order valence-corrected chi connectivity index (χ1v) is 5.76. The maximum atomic E-state index is 5.17. The minimum absolute atomic E-state index is 0.864. The van der Waals surface area contributed by atoms with E-state index in [2.05, 4.69) is 15.7 Å². The fourth-order valence-corrected chi connectivity index (χ4v) is 2.09. The van der Waals surface area contributed by atoms with Crippen molar-refractivity contribution < 1.29 is 9.14 Å². The quantitative estimate of drug-likeness (QED) is 0.640. The van der Waals surface area contributed by atoms with Gasteiger partial charge in [0.2, 0.25) is 0 Å². The zero-order valence-electron chi connectivity index (χ0n) is 10.4. The van der Waals surface area contributed by atoms with Crippen molar-refractivity contribution in [1.82, 2.24) is 9.55 Å². The van der Waals surface area contributed by atoms with E-state index in [0.717, 1.165) is 22.8 Å². The van der Waals surface area contributed by atoms with Gasteiger partial charge in [0, 0.05) is 11.6 Å². The Balaban J connectivity index is 2.15. The second-order valence-electron chi connectivity index (χ2n) is 4.13. The highest BCUT2D eigenvalue weighted by Gasteiger charge is 2.15. The molecule has 1 aromatic carbocycles. The number of aryl methyl sites for hydroxylation is 1. The number of benzene rings is 1. The fourth-order valence-electron chi connectivity index (χ4n) is 2.09. The molecule has 0 aliphatic heterocycles. The van der Waals surface area contributed by atoms with Gasteiger partial charge in [-0.05, 0) is 24.3 Å². The zero-order valence-corrected chi connectivity index (χ0v) is 10.4. The second kappa shape index (κ2) is 4.14. The lowest BCUT2D eigenvalue weighted by molar-refractivity contribution is -0.513. The van der Waals surface area contributed by atoms with E-state index >= 15 is 0 Å². The van der Waals surface area contributed by atoms with Crippen LogP contribution in [-0.4, -0.2) is 16.7 Å². The summed E-state index contributed by atoms with van der Waals surface area (Å²) in [5.74, 6) is 1.78. The molecular weight excluding hydrogens is 226 g/mol. The molecule has 0 N–H and O–H groups in total. The summed E-state index contributed by atoms with van der Waals surface area (Å²) in [5.41, 5.74) is 2.26. The average Bonchev–Trinajstić information content (AvgIpc) is 2.77. The molecule has 0 spiro atoms. The van der Waals surface area contributed by atoms with E-state index in [1.807, 2.05) is 48.0 Å². The molecule has 0 aliphatic carbocycles. The molecule has 18 heavy (non-hydrogen) atoms. The SMILES string of the molecule is COc1ccc(-c2c[n+]3cccnc3n2C)cc1. The van der Waals surface area contributed by atoms with Gasteiger partial charge < -0.3 is 4.74 Å². The maximum Gasteiger partial charge on any atom is 0.403 e. The minimum Gasteiger partial charge on any atom is -0.497 e. The number of fused-ring (bicyclic) bond motifs is 1. The molecule has 3 rings (SSSR count). The highest BCUT2D eigenvalue weighted by Crippen LogP contribution is 2.21. The van der Waals surface area contributed by atoms with Gasteiger partial charge in [-0.15, -0.1) is 0 Å². The molecule has 4 nitrogen and oxygen atoms in total. The van der Waals surface area contributed by atoms with Crippen molar-refractivity contribution in [2.24, 2.45) is 7.05 Å². The molecule has 90 valence electrons. The van der Waals surface area contributed by atoms with Gasteiger partial charge in [0.05, 0.1) is 20.4 Å². The topological polar surface area (TPSA) is 31.1 Å². The van der Waals surface area contributed by atoms with E-state index in [4.69, 9.17) is 4.74 Å². The van der Waals surface area contributed by atoms with Gasteiger partial charge in [-0.3, -0.25) is 0 Å². The molecule has 3 aromatic rings. The molecule has 0 radical (unpaired) electrons. The molecule has 0 bridgehead atoms. The standard InChI is InChI=1S/C14H14N3O/c1-16-13(10-17-9-3-8-15-14(16)17)11-4-6-12(18-2)7-5-11/h3-10H,1-2H3/q+1. The number of ether oxygens (including phenoxy) is 1. The van der Waals surface area contributed by atoms with Crippen LogP contribution in [0, 0.1) is 0 Å². The first-order valence-electron chi connectivity index (χ1n) is 5.76. The zero-order chi connectivity index (χ0) is 12.5. The Hall–Kier alpha value is -2.36. The Bertz CT molecular complexity index is 686. The van der Waals surface area contributed by atoms with Crippen LogP contribution >= 0.6 is 0 Å². The first kappa shape index (κ1) is 10.8. The molecule has 0 aliphatic rings. The largest absolute Gasteiger partial charge is 0.497 e. The number of methoxy groups -OCH3 is 1. The van der Waals surface area contributed by atoms with E-state index < -0.39 is 0 Å². The molecule has 0 fully saturated rings. The van der Waals surface area contributed by atoms with Gasteiger partial charge in [0.25, 0.3) is 0 Å². The highest BCUT2D eigenvalue weighted by atomic mass is 16.5. The molecule has 0 atom stereocenters. The number of nitrogens with zero attached hydrogens (tertiary/aromatic N) is 3. The lowest BCUT2D eigenvalue weighted by atomic mass is 10.1. The molecule has 0 amide bonds. The second-order valence-corrected chi connectivity index (χ2v) is 4.13. The lowest BCUT2D eigenvalue weighted by Crippen LogP contribution is -2.19. The van der Waals surface area contributed by atoms with Gasteiger partial charge in [-0.1, -0.05) is 4.98 Å². The summed E-state index contributed by atoms with van der Waals surface area (Å²) < 4.78 is 9.25. The Morgan fingerprint density at radius 3 is 2.67 bits per heavy atom. The third-order valence-corrected chi connectivity index (χ3v) is 3.06. The summed E-state index contributed by atoms with van der Waals surface area (Å²) in [5, 5.41) is 0. The van der Waals surface area contributed by atoms with Crippen molar-refractivity contribution in [2.75, 3.05) is 7.11 Å². The van der Waals surface area contributed by atoms with E-state index in [-0.39, 0.29) is 0 Å². The average molecular weight is 240 g/mol. The van der Waals surface area contributed by atoms with Crippen molar-refractivity contribution in [3.63, 3.8) is 0 Å². The van der Waals surface area contributed by atoms with Crippen LogP contribution in [-0.2, 0) is 7.05 Å². The molecular formula is C14H14N3O+. The van der Waals surface area contributed by atoms with Gasteiger partial charge in [-0.25, -0.2) is 8.97 Å². The maximum absolute atomic E-state index is 5.17. The van der Waals surface area contributed by atoms with E-state index in [9.17, 15) is 0 Å². The van der Waals surface area contributed by atoms with Gasteiger partial charge in [0.1, 0.15) is 23.8 Å². The van der Waals surface area contributed by atoms with Crippen molar-refractivity contribution in [1.29, 1.82) is 0 Å². The summed E-state index contributed by atoms with van der Waals surface area (Å²) in [7, 11) is 3.69. The molecule has 2 heterocycles. The van der Waals surface area contributed by atoms with Crippen molar-refractivity contribution in [3.05, 3.63) is 48.9 Å². The van der Waals surface area contributed by atoms with E-state index in [1.54, 1.807) is 13.3 Å². The monoisotopic (exact) mass is 240 g/mol. The Kier molecular flexibility index (Phi) is 2.48. The number of rotatable bonds is 2.